The van der Waals surface area contributed by atoms with Crippen molar-refractivity contribution in [3.8, 4) is 0 Å². The molecule has 0 aliphatic carbocycles. The van der Waals surface area contributed by atoms with Crippen molar-refractivity contribution in [2.24, 2.45) is 0 Å². The lowest BCUT2D eigenvalue weighted by Gasteiger charge is -2.08. The number of aryl methyl sites for hydroxylation is 1. The summed E-state index contributed by atoms with van der Waals surface area (Å²) in [5.41, 5.74) is 2.22. The molecule has 3 aromatic rings. The van der Waals surface area contributed by atoms with Crippen molar-refractivity contribution >= 4 is 40.6 Å². The van der Waals surface area contributed by atoms with Crippen molar-refractivity contribution in [1.29, 1.82) is 0 Å². The highest BCUT2D eigenvalue weighted by molar-refractivity contribution is 6.35. The number of imidazole rings is 1. The van der Waals surface area contributed by atoms with Gasteiger partial charge in [0.15, 0.2) is 0 Å². The van der Waals surface area contributed by atoms with Crippen molar-refractivity contribution in [3.63, 3.8) is 0 Å². The van der Waals surface area contributed by atoms with Crippen molar-refractivity contribution in [3.05, 3.63) is 58.1 Å². The molecule has 0 bridgehead atoms. The van der Waals surface area contributed by atoms with E-state index < -0.39 is 0 Å². The highest BCUT2D eigenvalue weighted by Gasteiger charge is 2.10. The largest absolute Gasteiger partial charge is 0.367 e. The summed E-state index contributed by atoms with van der Waals surface area (Å²) < 4.78 is 1.82. The predicted octanol–water partition coefficient (Wildman–Crippen LogP) is 3.19. The third kappa shape index (κ3) is 3.77. The molecule has 0 radical (unpaired) electrons. The number of rotatable bonds is 5. The lowest BCUT2D eigenvalue weighted by molar-refractivity contribution is 0.0951. The Morgan fingerprint density at radius 1 is 1.29 bits per heavy atom. The van der Waals surface area contributed by atoms with Gasteiger partial charge in [-0.1, -0.05) is 23.2 Å². The highest BCUT2D eigenvalue weighted by atomic mass is 35.5. The summed E-state index contributed by atoms with van der Waals surface area (Å²) in [6.45, 7) is 2.87. The van der Waals surface area contributed by atoms with Gasteiger partial charge in [0, 0.05) is 31.7 Å². The number of fused-ring (bicyclic) bond motifs is 1. The molecule has 24 heavy (non-hydrogen) atoms. The van der Waals surface area contributed by atoms with Crippen LogP contribution in [0.2, 0.25) is 10.0 Å². The van der Waals surface area contributed by atoms with E-state index in [9.17, 15) is 4.79 Å². The average Bonchev–Trinajstić information content (AvgIpc) is 2.96. The molecule has 0 unspecified atom stereocenters. The first-order valence-corrected chi connectivity index (χ1v) is 8.07. The van der Waals surface area contributed by atoms with Crippen LogP contribution in [0.15, 0.2) is 36.8 Å². The fraction of sp³-hybridized carbons (Fsp3) is 0.188. The molecule has 0 aliphatic rings. The van der Waals surface area contributed by atoms with Gasteiger partial charge >= 0.3 is 0 Å². The monoisotopic (exact) mass is 363 g/mol. The normalized spacial score (nSPS) is 10.8. The molecule has 3 aromatic heterocycles. The van der Waals surface area contributed by atoms with Gasteiger partial charge in [0.05, 0.1) is 10.0 Å². The third-order valence-corrected chi connectivity index (χ3v) is 3.85. The first-order valence-electron chi connectivity index (χ1n) is 7.31. The van der Waals surface area contributed by atoms with Gasteiger partial charge in [0.1, 0.15) is 17.2 Å². The van der Waals surface area contributed by atoms with Crippen LogP contribution in [0, 0.1) is 6.92 Å². The van der Waals surface area contributed by atoms with Crippen LogP contribution < -0.4 is 10.6 Å². The molecule has 0 spiro atoms. The van der Waals surface area contributed by atoms with Gasteiger partial charge in [-0.2, -0.15) is 0 Å². The topological polar surface area (TPSA) is 71.3 Å². The number of halogens is 2. The SMILES string of the molecule is Cc1ccn2cc(C(=O)NCCNc3ncc(Cl)cc3Cl)nc2c1. The number of nitrogens with zero attached hydrogens (tertiary/aromatic N) is 3. The molecule has 0 atom stereocenters. The number of anilines is 1. The number of aromatic nitrogens is 3. The van der Waals surface area contributed by atoms with E-state index in [1.807, 2.05) is 29.7 Å². The second kappa shape index (κ2) is 7.07. The second-order valence-electron chi connectivity index (χ2n) is 5.26. The summed E-state index contributed by atoms with van der Waals surface area (Å²) in [7, 11) is 0. The molecule has 2 N–H and O–H groups in total. The summed E-state index contributed by atoms with van der Waals surface area (Å²) in [6, 6.07) is 5.49. The van der Waals surface area contributed by atoms with E-state index in [0.717, 1.165) is 11.2 Å². The van der Waals surface area contributed by atoms with E-state index in [0.29, 0.717) is 34.6 Å². The minimum absolute atomic E-state index is 0.228. The molecule has 1 amide bonds. The van der Waals surface area contributed by atoms with E-state index in [1.54, 1.807) is 12.3 Å². The lowest BCUT2D eigenvalue weighted by Crippen LogP contribution is -2.29. The maximum atomic E-state index is 12.1. The number of nitrogens with one attached hydrogen (secondary N) is 2. The van der Waals surface area contributed by atoms with Crippen LogP contribution in [-0.4, -0.2) is 33.4 Å². The van der Waals surface area contributed by atoms with Crippen molar-refractivity contribution < 1.29 is 4.79 Å². The van der Waals surface area contributed by atoms with Crippen LogP contribution >= 0.6 is 23.2 Å². The standard InChI is InChI=1S/C16H15Cl2N5O/c1-10-2-5-23-9-13(22-14(23)6-10)16(24)20-4-3-19-15-12(18)7-11(17)8-21-15/h2,5-9H,3-4H2,1H3,(H,19,21)(H,20,24). The zero-order valence-electron chi connectivity index (χ0n) is 12.9. The first-order chi connectivity index (χ1) is 11.5. The number of hydrogen-bond donors (Lipinski definition) is 2. The maximum Gasteiger partial charge on any atom is 0.271 e. The molecule has 0 fully saturated rings. The highest BCUT2D eigenvalue weighted by Crippen LogP contribution is 2.22. The lowest BCUT2D eigenvalue weighted by atomic mass is 10.3. The Bertz CT molecular complexity index is 893. The van der Waals surface area contributed by atoms with Gasteiger partial charge in [-0.15, -0.1) is 0 Å². The van der Waals surface area contributed by atoms with Crippen LogP contribution in [0.25, 0.3) is 5.65 Å². The number of amides is 1. The zero-order chi connectivity index (χ0) is 17.1. The van der Waals surface area contributed by atoms with Crippen LogP contribution in [0.3, 0.4) is 0 Å². The van der Waals surface area contributed by atoms with Crippen LogP contribution in [0.5, 0.6) is 0 Å². The number of hydrogen-bond acceptors (Lipinski definition) is 4. The smallest absolute Gasteiger partial charge is 0.271 e. The van der Waals surface area contributed by atoms with Crippen molar-refractivity contribution in [1.82, 2.24) is 19.7 Å². The van der Waals surface area contributed by atoms with Gasteiger partial charge in [0.25, 0.3) is 5.91 Å². The van der Waals surface area contributed by atoms with E-state index in [-0.39, 0.29) is 5.91 Å². The molecule has 3 heterocycles. The quantitative estimate of drug-likeness (QED) is 0.682. The van der Waals surface area contributed by atoms with Gasteiger partial charge < -0.3 is 15.0 Å². The summed E-state index contributed by atoms with van der Waals surface area (Å²) in [5.74, 6) is 0.298. The summed E-state index contributed by atoms with van der Waals surface area (Å²) in [6.07, 6.45) is 5.09. The number of pyridine rings is 2. The van der Waals surface area contributed by atoms with E-state index >= 15 is 0 Å². The zero-order valence-corrected chi connectivity index (χ0v) is 14.4. The molecule has 0 saturated heterocycles. The molecule has 0 aliphatic heterocycles. The molecule has 3 rings (SSSR count). The minimum atomic E-state index is -0.228. The number of carbonyl (C=O) groups is 1. The van der Waals surface area contributed by atoms with E-state index in [1.165, 1.54) is 6.20 Å². The maximum absolute atomic E-state index is 12.1. The predicted molar refractivity (Wildman–Crippen MR) is 95.0 cm³/mol. The Kier molecular flexibility index (Phi) is 4.87. The summed E-state index contributed by atoms with van der Waals surface area (Å²) >= 11 is 11.8. The summed E-state index contributed by atoms with van der Waals surface area (Å²) in [4.78, 5) is 20.6. The Morgan fingerprint density at radius 2 is 2.12 bits per heavy atom. The third-order valence-electron chi connectivity index (χ3n) is 3.36. The Labute approximate surface area is 148 Å². The van der Waals surface area contributed by atoms with Gasteiger partial charge in [-0.05, 0) is 30.7 Å². The van der Waals surface area contributed by atoms with Gasteiger partial charge in [-0.25, -0.2) is 9.97 Å². The Morgan fingerprint density at radius 3 is 2.92 bits per heavy atom. The van der Waals surface area contributed by atoms with Crippen molar-refractivity contribution in [2.45, 2.75) is 6.92 Å². The first kappa shape index (κ1) is 16.5. The molecule has 0 aromatic carbocycles. The van der Waals surface area contributed by atoms with Gasteiger partial charge in [0.2, 0.25) is 0 Å². The molecule has 0 saturated carbocycles. The molecular weight excluding hydrogens is 349 g/mol. The van der Waals surface area contributed by atoms with Gasteiger partial charge in [-0.3, -0.25) is 4.79 Å². The van der Waals surface area contributed by atoms with Crippen LogP contribution in [0.4, 0.5) is 5.82 Å². The van der Waals surface area contributed by atoms with Crippen LogP contribution in [0.1, 0.15) is 16.1 Å². The fourth-order valence-electron chi connectivity index (χ4n) is 2.19. The van der Waals surface area contributed by atoms with Crippen LogP contribution in [-0.2, 0) is 0 Å². The molecule has 8 heteroatoms. The molecule has 124 valence electrons. The van der Waals surface area contributed by atoms with Crippen molar-refractivity contribution in [2.75, 3.05) is 18.4 Å². The Hall–Kier alpha value is -2.31. The summed E-state index contributed by atoms with van der Waals surface area (Å²) in [5, 5.41) is 6.75. The molecular formula is C16H15Cl2N5O. The minimum Gasteiger partial charge on any atom is -0.367 e. The molecule has 6 nitrogen and oxygen atoms in total. The fourth-order valence-corrected chi connectivity index (χ4v) is 2.63. The van der Waals surface area contributed by atoms with E-state index in [4.69, 9.17) is 23.2 Å². The average molecular weight is 364 g/mol. The number of carbonyl (C=O) groups excluding carboxylic acids is 1. The Balaban J connectivity index is 1.55. The second-order valence-corrected chi connectivity index (χ2v) is 6.11. The van der Waals surface area contributed by atoms with E-state index in [2.05, 4.69) is 20.6 Å².